The second-order valence-corrected chi connectivity index (χ2v) is 6.40. The molecule has 0 bridgehead atoms. The van der Waals surface area contributed by atoms with E-state index in [4.69, 9.17) is 23.8 Å². The van der Waals surface area contributed by atoms with Gasteiger partial charge in [-0.05, 0) is 24.3 Å². The first-order valence-electron chi connectivity index (χ1n) is 8.16. The number of amides is 1. The van der Waals surface area contributed by atoms with Crippen LogP contribution in [-0.2, 0) is 6.18 Å². The summed E-state index contributed by atoms with van der Waals surface area (Å²) in [6.07, 6.45) is 4.24. The molecular formula is C20H11ClF4N4O. The molecule has 0 unspecified atom stereocenters. The van der Waals surface area contributed by atoms with Crippen LogP contribution in [-0.4, -0.2) is 15.9 Å². The molecule has 30 heavy (non-hydrogen) atoms. The smallest absolute Gasteiger partial charge is 0.397 e. The van der Waals surface area contributed by atoms with Gasteiger partial charge in [0.2, 0.25) is 0 Å². The van der Waals surface area contributed by atoms with Crippen LogP contribution >= 0.6 is 11.6 Å². The number of hydrogen-bond donors (Lipinski definition) is 2. The summed E-state index contributed by atoms with van der Waals surface area (Å²) in [5, 5.41) is 2.19. The predicted octanol–water partition coefficient (Wildman–Crippen LogP) is 4.77. The highest BCUT2D eigenvalue weighted by molar-refractivity contribution is 6.34. The molecule has 2 heterocycles. The van der Waals surface area contributed by atoms with E-state index < -0.39 is 23.6 Å². The molecule has 3 aromatic rings. The maximum atomic E-state index is 14.8. The Labute approximate surface area is 172 Å². The van der Waals surface area contributed by atoms with Gasteiger partial charge in [-0.1, -0.05) is 17.5 Å². The Hall–Kier alpha value is -3.64. The van der Waals surface area contributed by atoms with Gasteiger partial charge in [-0.15, -0.1) is 6.42 Å². The Kier molecular flexibility index (Phi) is 5.62. The third kappa shape index (κ3) is 4.18. The molecule has 0 aliphatic heterocycles. The van der Waals surface area contributed by atoms with Crippen molar-refractivity contribution in [2.45, 2.75) is 6.18 Å². The minimum atomic E-state index is -4.61. The molecule has 0 aliphatic carbocycles. The third-order valence-corrected chi connectivity index (χ3v) is 4.33. The maximum absolute atomic E-state index is 14.8. The number of rotatable bonds is 3. The standard InChI is InChI=1S/C20H11ClF4N4O/c1-2-10-7-27-9-16(26)18(10)13-5-14(21)12(6-15(13)22)19(30)29-11-3-4-17(28-8-11)20(23,24)25/h1,3-9H,26H2,(H,29,30). The molecular weight excluding hydrogens is 424 g/mol. The van der Waals surface area contributed by atoms with Crippen molar-refractivity contribution in [3.8, 4) is 23.5 Å². The van der Waals surface area contributed by atoms with E-state index in [2.05, 4.69) is 21.2 Å². The van der Waals surface area contributed by atoms with Crippen molar-refractivity contribution in [2.24, 2.45) is 0 Å². The fourth-order valence-electron chi connectivity index (χ4n) is 2.63. The van der Waals surface area contributed by atoms with Crippen LogP contribution in [0.25, 0.3) is 11.1 Å². The molecule has 0 saturated carbocycles. The average Bonchev–Trinajstić information content (AvgIpc) is 2.69. The summed E-state index contributed by atoms with van der Waals surface area (Å²) < 4.78 is 52.5. The van der Waals surface area contributed by atoms with Crippen molar-refractivity contribution >= 4 is 28.9 Å². The van der Waals surface area contributed by atoms with E-state index in [9.17, 15) is 22.4 Å². The molecule has 10 heteroatoms. The summed E-state index contributed by atoms with van der Waals surface area (Å²) in [5.41, 5.74) is 5.00. The largest absolute Gasteiger partial charge is 0.433 e. The van der Waals surface area contributed by atoms with Gasteiger partial charge in [0, 0.05) is 17.3 Å². The van der Waals surface area contributed by atoms with Crippen LogP contribution in [0, 0.1) is 18.2 Å². The highest BCUT2D eigenvalue weighted by atomic mass is 35.5. The van der Waals surface area contributed by atoms with Crippen molar-refractivity contribution in [3.05, 3.63) is 70.5 Å². The first-order valence-corrected chi connectivity index (χ1v) is 8.53. The maximum Gasteiger partial charge on any atom is 0.433 e. The summed E-state index contributed by atoms with van der Waals surface area (Å²) >= 11 is 6.15. The van der Waals surface area contributed by atoms with E-state index in [1.807, 2.05) is 0 Å². The van der Waals surface area contributed by atoms with E-state index in [0.717, 1.165) is 18.3 Å². The number of pyridine rings is 2. The lowest BCUT2D eigenvalue weighted by Crippen LogP contribution is -2.14. The van der Waals surface area contributed by atoms with Gasteiger partial charge in [0.25, 0.3) is 5.91 Å². The zero-order valence-electron chi connectivity index (χ0n) is 14.9. The highest BCUT2D eigenvalue weighted by Gasteiger charge is 2.32. The molecule has 3 rings (SSSR count). The number of nitrogens with two attached hydrogens (primary N) is 1. The number of halogens is 5. The molecule has 1 amide bonds. The van der Waals surface area contributed by atoms with Crippen LogP contribution < -0.4 is 11.1 Å². The normalized spacial score (nSPS) is 11.1. The lowest BCUT2D eigenvalue weighted by molar-refractivity contribution is -0.141. The van der Waals surface area contributed by atoms with Crippen LogP contribution in [0.5, 0.6) is 0 Å². The lowest BCUT2D eigenvalue weighted by Gasteiger charge is -2.13. The Morgan fingerprint density at radius 3 is 2.53 bits per heavy atom. The summed E-state index contributed by atoms with van der Waals surface area (Å²) in [7, 11) is 0. The first-order chi connectivity index (χ1) is 14.1. The van der Waals surface area contributed by atoms with Gasteiger partial charge in [0.05, 0.1) is 39.9 Å². The topological polar surface area (TPSA) is 80.9 Å². The molecule has 0 spiro atoms. The third-order valence-electron chi connectivity index (χ3n) is 4.01. The zero-order valence-corrected chi connectivity index (χ0v) is 15.6. The molecule has 3 N–H and O–H groups in total. The number of carbonyl (C=O) groups excluding carboxylic acids is 1. The van der Waals surface area contributed by atoms with Crippen LogP contribution in [0.2, 0.25) is 5.02 Å². The Morgan fingerprint density at radius 2 is 1.93 bits per heavy atom. The molecule has 152 valence electrons. The zero-order chi connectivity index (χ0) is 22.1. The second kappa shape index (κ2) is 8.00. The highest BCUT2D eigenvalue weighted by Crippen LogP contribution is 2.34. The quantitative estimate of drug-likeness (QED) is 0.459. The number of nitrogens with one attached hydrogen (secondary N) is 1. The minimum absolute atomic E-state index is 0.0263. The van der Waals surface area contributed by atoms with Crippen molar-refractivity contribution in [2.75, 3.05) is 11.1 Å². The molecule has 5 nitrogen and oxygen atoms in total. The first kappa shape index (κ1) is 21.1. The Morgan fingerprint density at radius 1 is 1.20 bits per heavy atom. The minimum Gasteiger partial charge on any atom is -0.397 e. The van der Waals surface area contributed by atoms with E-state index in [-0.39, 0.29) is 38.7 Å². The molecule has 0 fully saturated rings. The second-order valence-electron chi connectivity index (χ2n) is 5.99. The van der Waals surface area contributed by atoms with Crippen LogP contribution in [0.15, 0.2) is 42.9 Å². The predicted molar refractivity (Wildman–Crippen MR) is 104 cm³/mol. The summed E-state index contributed by atoms with van der Waals surface area (Å²) in [6.45, 7) is 0. The van der Waals surface area contributed by atoms with Gasteiger partial charge in [0.1, 0.15) is 11.5 Å². The molecule has 0 aliphatic rings. The number of nitrogen functional groups attached to an aromatic ring is 1. The number of aromatic nitrogens is 2. The Balaban J connectivity index is 1.93. The molecule has 0 atom stereocenters. The van der Waals surface area contributed by atoms with Crippen molar-refractivity contribution in [1.82, 2.24) is 9.97 Å². The van der Waals surface area contributed by atoms with Crippen molar-refractivity contribution in [3.63, 3.8) is 0 Å². The van der Waals surface area contributed by atoms with E-state index in [0.29, 0.717) is 6.07 Å². The monoisotopic (exact) mass is 434 g/mol. The summed E-state index contributed by atoms with van der Waals surface area (Å²) in [4.78, 5) is 19.5. The van der Waals surface area contributed by atoms with Gasteiger partial charge < -0.3 is 11.1 Å². The van der Waals surface area contributed by atoms with Gasteiger partial charge in [-0.2, -0.15) is 13.2 Å². The number of nitrogens with zero attached hydrogens (tertiary/aromatic N) is 2. The molecule has 0 saturated heterocycles. The van der Waals surface area contributed by atoms with Gasteiger partial charge in [0.15, 0.2) is 0 Å². The van der Waals surface area contributed by atoms with Gasteiger partial charge >= 0.3 is 6.18 Å². The lowest BCUT2D eigenvalue weighted by atomic mass is 9.98. The van der Waals surface area contributed by atoms with E-state index in [1.54, 1.807) is 0 Å². The summed E-state index contributed by atoms with van der Waals surface area (Å²) in [6, 6.07) is 3.78. The Bertz CT molecular complexity index is 1170. The van der Waals surface area contributed by atoms with Crippen LogP contribution in [0.1, 0.15) is 21.6 Å². The van der Waals surface area contributed by atoms with Crippen LogP contribution in [0.3, 0.4) is 0 Å². The SMILES string of the molecule is C#Cc1cncc(N)c1-c1cc(Cl)c(C(=O)Nc2ccc(C(F)(F)F)nc2)cc1F. The van der Waals surface area contributed by atoms with Gasteiger partial charge in [-0.25, -0.2) is 9.37 Å². The van der Waals surface area contributed by atoms with E-state index in [1.165, 1.54) is 18.5 Å². The average molecular weight is 435 g/mol. The number of hydrogen-bond acceptors (Lipinski definition) is 4. The molecule has 0 radical (unpaired) electrons. The molecule has 1 aromatic carbocycles. The fourth-order valence-corrected chi connectivity index (χ4v) is 2.88. The van der Waals surface area contributed by atoms with Crippen molar-refractivity contribution in [1.29, 1.82) is 0 Å². The van der Waals surface area contributed by atoms with Crippen molar-refractivity contribution < 1.29 is 22.4 Å². The van der Waals surface area contributed by atoms with Gasteiger partial charge in [-0.3, -0.25) is 9.78 Å². The fraction of sp³-hybridized carbons (Fsp3) is 0.0500. The summed E-state index contributed by atoms with van der Waals surface area (Å²) in [5.74, 6) is 0.678. The number of anilines is 2. The number of alkyl halides is 3. The molecule has 2 aromatic heterocycles. The number of carbonyl (C=O) groups is 1. The number of terminal acetylenes is 1. The number of benzene rings is 1. The van der Waals surface area contributed by atoms with Crippen LogP contribution in [0.4, 0.5) is 28.9 Å². The van der Waals surface area contributed by atoms with E-state index >= 15 is 0 Å².